The highest BCUT2D eigenvalue weighted by Crippen LogP contribution is 2.60. The standard InChI is InChI=1S/C39H64N10O9P2S3Si2/c1-38(2,3)64(7,8)57-29-25-18-51-59(50,61)55-28-24(19-52-60(62,63)56-30(29)35(54-25)49-21-45-27-32(41)46-37(42-16-15-40)47-34(27)49)53-36(31(28)58-65(9,10)39(4,5)6)48-17-22-13-11-12-14-23-26(22)33(48)44-20-43-23/h17,20-21,24-25,28-31,35-36H,11-16,18-19,40H2,1-10H3,(H,50,61)(H,62,63)(H3,41,42,46,47)/t24-,25-,28-,29-,30-,31-,35-,36-,59?/m1/s1. The minimum absolute atomic E-state index is 0.154. The molecule has 10 atom stereocenters. The molecule has 1 aliphatic carbocycles. The van der Waals surface area contributed by atoms with Crippen LogP contribution in [-0.4, -0.2) is 119 Å². The average Bonchev–Trinajstić information content (AvgIpc) is 3.92. The molecule has 3 saturated heterocycles. The van der Waals surface area contributed by atoms with Crippen molar-refractivity contribution in [2.24, 2.45) is 5.73 Å². The molecule has 19 nitrogen and oxygen atoms in total. The molecule has 7 heterocycles. The van der Waals surface area contributed by atoms with Gasteiger partial charge >= 0.3 is 6.72 Å². The summed E-state index contributed by atoms with van der Waals surface area (Å²) >= 11 is 17.0. The molecule has 3 aliphatic heterocycles. The third kappa shape index (κ3) is 10.1. The smallest absolute Gasteiger partial charge is 0.325 e. The van der Waals surface area contributed by atoms with Gasteiger partial charge in [0, 0.05) is 24.7 Å². The molecule has 26 heteroatoms. The second-order valence-corrected chi connectivity index (χ2v) is 37.8. The van der Waals surface area contributed by atoms with Crippen molar-refractivity contribution >= 4 is 98.9 Å². The quantitative estimate of drug-likeness (QED) is 0.0654. The molecule has 4 aromatic rings. The number of aromatic nitrogens is 7. The fourth-order valence-electron chi connectivity index (χ4n) is 8.18. The van der Waals surface area contributed by atoms with E-state index in [9.17, 15) is 4.89 Å². The van der Waals surface area contributed by atoms with Gasteiger partial charge in [0.15, 0.2) is 40.6 Å². The summed E-state index contributed by atoms with van der Waals surface area (Å²) in [5.41, 5.74) is 12.2. The molecule has 0 saturated carbocycles. The van der Waals surface area contributed by atoms with E-state index in [1.165, 1.54) is 0 Å². The third-order valence-corrected chi connectivity index (χ3v) is 26.4. The highest BCUT2D eigenvalue weighted by molar-refractivity contribution is 8.60. The van der Waals surface area contributed by atoms with E-state index >= 15 is 0 Å². The Morgan fingerprint density at radius 2 is 1.52 bits per heavy atom. The van der Waals surface area contributed by atoms with Crippen molar-refractivity contribution in [1.82, 2.24) is 34.1 Å². The molecule has 2 bridgehead atoms. The van der Waals surface area contributed by atoms with E-state index < -0.39 is 78.1 Å². The van der Waals surface area contributed by atoms with Crippen molar-refractivity contribution in [3.05, 3.63) is 30.1 Å². The van der Waals surface area contributed by atoms with Crippen molar-refractivity contribution in [3.63, 3.8) is 0 Å². The maximum atomic E-state index is 12.2. The summed E-state index contributed by atoms with van der Waals surface area (Å²) in [4.78, 5) is 35.3. The molecule has 0 amide bonds. The van der Waals surface area contributed by atoms with Crippen molar-refractivity contribution in [2.45, 2.75) is 153 Å². The van der Waals surface area contributed by atoms with Crippen LogP contribution in [0.25, 0.3) is 22.2 Å². The first-order valence-electron chi connectivity index (χ1n) is 22.0. The number of anilines is 2. The molecule has 4 aromatic heterocycles. The SMILES string of the molecule is CC(C)(C)[Si](C)(C)O[C@@H]1[C@@H]2OP(O)(=S)OC[C@H]3O[C@@H](n4cnc5c(N)nc(NCCN)nc54)[C@H](OP(=S)(S)OC[C@H]2O[C@H]1n1cc2c4c(ncnc41)CCCC2)[C@@H]3O[Si](C)(C)C(C)(C)C. The van der Waals surface area contributed by atoms with Gasteiger partial charge in [-0.1, -0.05) is 53.8 Å². The van der Waals surface area contributed by atoms with Gasteiger partial charge in [-0.15, -0.1) is 0 Å². The summed E-state index contributed by atoms with van der Waals surface area (Å²) in [6.07, 6.45) is 1.92. The van der Waals surface area contributed by atoms with Crippen LogP contribution in [0, 0.1) is 0 Å². The lowest BCUT2D eigenvalue weighted by Crippen LogP contribution is -2.50. The van der Waals surface area contributed by atoms with Crippen molar-refractivity contribution in [1.29, 1.82) is 0 Å². The van der Waals surface area contributed by atoms with Crippen LogP contribution in [0.2, 0.25) is 36.3 Å². The normalized spacial score (nSPS) is 31.9. The molecular formula is C39H64N10O9P2S3Si2. The van der Waals surface area contributed by atoms with Crippen LogP contribution in [0.4, 0.5) is 11.8 Å². The summed E-state index contributed by atoms with van der Waals surface area (Å²) in [5, 5.41) is 3.67. The number of fused-ring (bicyclic) bond motifs is 4. The van der Waals surface area contributed by atoms with E-state index in [2.05, 4.69) is 94.2 Å². The number of nitrogens with one attached hydrogen (secondary N) is 1. The van der Waals surface area contributed by atoms with E-state index in [0.717, 1.165) is 48.0 Å². The van der Waals surface area contributed by atoms with Gasteiger partial charge in [0.05, 0.1) is 25.2 Å². The number of ether oxygens (including phenoxy) is 2. The lowest BCUT2D eigenvalue weighted by atomic mass is 10.1. The van der Waals surface area contributed by atoms with E-state index in [-0.39, 0.29) is 35.1 Å². The van der Waals surface area contributed by atoms with Crippen LogP contribution in [0.15, 0.2) is 18.9 Å². The number of hydrogen-bond donors (Lipinski definition) is 5. The van der Waals surface area contributed by atoms with Crippen molar-refractivity contribution in [2.75, 3.05) is 37.4 Å². The summed E-state index contributed by atoms with van der Waals surface area (Å²) in [7, 11) is -5.19. The Kier molecular flexibility index (Phi) is 14.1. The number of imidazole rings is 1. The zero-order chi connectivity index (χ0) is 47.1. The maximum Gasteiger partial charge on any atom is 0.325 e. The molecule has 0 radical (unpaired) electrons. The zero-order valence-electron chi connectivity index (χ0n) is 38.7. The number of thiol groups is 1. The zero-order valence-corrected chi connectivity index (χ0v) is 45.0. The molecule has 8 rings (SSSR count). The lowest BCUT2D eigenvalue weighted by Gasteiger charge is -2.41. The maximum absolute atomic E-state index is 12.2. The monoisotopic (exact) mass is 1030 g/mol. The minimum Gasteiger partial charge on any atom is -0.408 e. The number of nitrogens with two attached hydrogens (primary N) is 2. The lowest BCUT2D eigenvalue weighted by molar-refractivity contribution is -0.0564. The molecule has 2 unspecified atom stereocenters. The Bertz CT molecular complexity index is 2510. The number of nitrogen functional groups attached to an aromatic ring is 1. The van der Waals surface area contributed by atoms with Gasteiger partial charge in [0.25, 0.3) is 0 Å². The number of rotatable bonds is 9. The van der Waals surface area contributed by atoms with Crippen LogP contribution >= 0.6 is 24.7 Å². The Labute approximate surface area is 398 Å². The van der Waals surface area contributed by atoms with Gasteiger partial charge in [-0.05, 0) is 91.1 Å². The highest BCUT2D eigenvalue weighted by atomic mass is 32.9. The van der Waals surface area contributed by atoms with Crippen LogP contribution in [-0.2, 0) is 72.9 Å². The minimum atomic E-state index is -4.13. The van der Waals surface area contributed by atoms with E-state index in [0.29, 0.717) is 24.3 Å². The Morgan fingerprint density at radius 1 is 0.862 bits per heavy atom. The Hall–Kier alpha value is -1.55. The van der Waals surface area contributed by atoms with Gasteiger partial charge in [-0.2, -0.15) is 9.97 Å². The fourth-order valence-corrected chi connectivity index (χ4v) is 14.2. The first kappa shape index (κ1) is 49.9. The Morgan fingerprint density at radius 3 is 2.22 bits per heavy atom. The molecule has 0 aromatic carbocycles. The van der Waals surface area contributed by atoms with E-state index in [4.69, 9.17) is 93.7 Å². The second kappa shape index (κ2) is 18.3. The molecular weight excluding hydrogens is 967 g/mol. The van der Waals surface area contributed by atoms with Gasteiger partial charge in [0.1, 0.15) is 54.1 Å². The van der Waals surface area contributed by atoms with Gasteiger partial charge in [-0.25, -0.2) is 15.0 Å². The van der Waals surface area contributed by atoms with E-state index in [1.54, 1.807) is 17.2 Å². The number of hydrogen-bond acceptors (Lipinski definition) is 18. The van der Waals surface area contributed by atoms with Crippen molar-refractivity contribution in [3.8, 4) is 0 Å². The topological polar surface area (TPSA) is 232 Å². The molecule has 65 heavy (non-hydrogen) atoms. The fraction of sp³-hybridized carbons (Fsp3) is 0.718. The molecule has 4 aliphatic rings. The van der Waals surface area contributed by atoms with Crippen molar-refractivity contribution < 1.29 is 41.3 Å². The van der Waals surface area contributed by atoms with Gasteiger partial charge < -0.3 is 58.1 Å². The third-order valence-electron chi connectivity index (χ3n) is 13.7. The van der Waals surface area contributed by atoms with E-state index in [1.807, 2.05) is 4.57 Å². The summed E-state index contributed by atoms with van der Waals surface area (Å²) in [5.74, 6) is 0.413. The number of nitrogens with zero attached hydrogens (tertiary/aromatic N) is 7. The largest absolute Gasteiger partial charge is 0.408 e. The molecule has 360 valence electrons. The van der Waals surface area contributed by atoms with Crippen LogP contribution in [0.1, 0.15) is 78.1 Å². The molecule has 3 fully saturated rings. The van der Waals surface area contributed by atoms with Gasteiger partial charge in [-0.3, -0.25) is 9.09 Å². The Balaban J connectivity index is 1.21. The molecule has 0 spiro atoms. The average molecular weight is 1030 g/mol. The first-order chi connectivity index (χ1) is 30.3. The second-order valence-electron chi connectivity index (χ2n) is 20.2. The van der Waals surface area contributed by atoms with Crippen LogP contribution < -0.4 is 16.8 Å². The van der Waals surface area contributed by atoms with Crippen LogP contribution in [0.5, 0.6) is 0 Å². The van der Waals surface area contributed by atoms with Crippen LogP contribution in [0.3, 0.4) is 0 Å². The summed E-state index contributed by atoms with van der Waals surface area (Å²) in [6.45, 7) is 17.7. The highest BCUT2D eigenvalue weighted by Gasteiger charge is 2.57. The predicted molar refractivity (Wildman–Crippen MR) is 265 cm³/mol. The number of aryl methyl sites for hydroxylation is 2. The predicted octanol–water partition coefficient (Wildman–Crippen LogP) is 6.87. The summed E-state index contributed by atoms with van der Waals surface area (Å²) < 4.78 is 58.5. The first-order valence-corrected chi connectivity index (χ1v) is 34.2. The summed E-state index contributed by atoms with van der Waals surface area (Å²) in [6, 6.07) is 0. The molecule has 6 N–H and O–H groups in total. The van der Waals surface area contributed by atoms with Gasteiger partial charge in [0.2, 0.25) is 11.6 Å².